The zero-order valence-corrected chi connectivity index (χ0v) is 12.1. The summed E-state index contributed by atoms with van der Waals surface area (Å²) in [4.78, 5) is 24.9. The van der Waals surface area contributed by atoms with Crippen LogP contribution in [0.5, 0.6) is 0 Å². The zero-order valence-electron chi connectivity index (χ0n) is 12.1. The smallest absolute Gasteiger partial charge is 0.303 e. The Kier molecular flexibility index (Phi) is 5.83. The minimum Gasteiger partial charge on any atom is -0.481 e. The number of carboxylic acids is 1. The van der Waals surface area contributed by atoms with Gasteiger partial charge in [0.1, 0.15) is 0 Å². The molecule has 114 valence electrons. The number of aliphatic carboxylic acids is 1. The van der Waals surface area contributed by atoms with E-state index in [1.54, 1.807) is 0 Å². The molecule has 5 nitrogen and oxygen atoms in total. The highest BCUT2D eigenvalue weighted by molar-refractivity contribution is 5.76. The van der Waals surface area contributed by atoms with Crippen LogP contribution in [0, 0.1) is 0 Å². The summed E-state index contributed by atoms with van der Waals surface area (Å²) in [5.41, 5.74) is 0. The number of hydrogen-bond donors (Lipinski definition) is 1. The van der Waals surface area contributed by atoms with Crippen LogP contribution in [0.1, 0.15) is 57.8 Å². The number of piperidine rings is 1. The highest BCUT2D eigenvalue weighted by Crippen LogP contribution is 2.23. The molecule has 0 radical (unpaired) electrons. The van der Waals surface area contributed by atoms with Gasteiger partial charge in [-0.25, -0.2) is 0 Å². The molecular formula is C15H25NO4. The van der Waals surface area contributed by atoms with Gasteiger partial charge in [0.25, 0.3) is 0 Å². The molecule has 5 heteroatoms. The molecule has 2 heterocycles. The number of amides is 1. The van der Waals surface area contributed by atoms with Gasteiger partial charge < -0.3 is 14.7 Å². The molecule has 0 aliphatic carbocycles. The lowest BCUT2D eigenvalue weighted by molar-refractivity contribution is -0.140. The van der Waals surface area contributed by atoms with Crippen molar-refractivity contribution < 1.29 is 19.4 Å². The number of nitrogens with zero attached hydrogens (tertiary/aromatic N) is 1. The van der Waals surface area contributed by atoms with E-state index in [2.05, 4.69) is 0 Å². The van der Waals surface area contributed by atoms with Crippen molar-refractivity contribution in [3.05, 3.63) is 0 Å². The van der Waals surface area contributed by atoms with Crippen LogP contribution >= 0.6 is 0 Å². The Morgan fingerprint density at radius 1 is 1.10 bits per heavy atom. The van der Waals surface area contributed by atoms with Crippen molar-refractivity contribution in [2.45, 2.75) is 69.9 Å². The molecule has 2 unspecified atom stereocenters. The predicted molar refractivity (Wildman–Crippen MR) is 74.4 cm³/mol. The molecule has 2 fully saturated rings. The summed E-state index contributed by atoms with van der Waals surface area (Å²) >= 11 is 0. The van der Waals surface area contributed by atoms with Crippen LogP contribution in [0.25, 0.3) is 0 Å². The fourth-order valence-corrected chi connectivity index (χ4v) is 3.22. The maximum absolute atomic E-state index is 12.3. The normalized spacial score (nSPS) is 26.7. The van der Waals surface area contributed by atoms with E-state index in [-0.39, 0.29) is 24.5 Å². The molecule has 0 aromatic rings. The molecule has 0 aromatic heterocycles. The van der Waals surface area contributed by atoms with Gasteiger partial charge in [-0.3, -0.25) is 9.59 Å². The van der Waals surface area contributed by atoms with Crippen molar-refractivity contribution in [1.29, 1.82) is 0 Å². The first kappa shape index (κ1) is 15.3. The summed E-state index contributed by atoms with van der Waals surface area (Å²) in [6, 6.07) is 0.122. The highest BCUT2D eigenvalue weighted by atomic mass is 16.5. The number of carboxylic acid groups (broad SMARTS) is 1. The molecule has 2 rings (SSSR count). The van der Waals surface area contributed by atoms with Crippen molar-refractivity contribution in [3.8, 4) is 0 Å². The van der Waals surface area contributed by atoms with E-state index >= 15 is 0 Å². The molecule has 0 aromatic carbocycles. The number of likely N-dealkylation sites (tertiary alicyclic amines) is 1. The zero-order chi connectivity index (χ0) is 14.4. The quantitative estimate of drug-likeness (QED) is 0.811. The van der Waals surface area contributed by atoms with Crippen molar-refractivity contribution >= 4 is 11.9 Å². The second-order valence-corrected chi connectivity index (χ2v) is 5.84. The fourth-order valence-electron chi connectivity index (χ4n) is 3.22. The molecule has 20 heavy (non-hydrogen) atoms. The average molecular weight is 283 g/mol. The van der Waals surface area contributed by atoms with Crippen molar-refractivity contribution in [3.63, 3.8) is 0 Å². The largest absolute Gasteiger partial charge is 0.481 e. The van der Waals surface area contributed by atoms with Crippen molar-refractivity contribution in [2.75, 3.05) is 13.2 Å². The Hall–Kier alpha value is -1.10. The monoisotopic (exact) mass is 283 g/mol. The second kappa shape index (κ2) is 7.62. The van der Waals surface area contributed by atoms with E-state index in [4.69, 9.17) is 9.84 Å². The van der Waals surface area contributed by atoms with Crippen LogP contribution in [0.15, 0.2) is 0 Å². The van der Waals surface area contributed by atoms with Gasteiger partial charge in [-0.1, -0.05) is 0 Å². The van der Waals surface area contributed by atoms with Crippen LogP contribution < -0.4 is 0 Å². The topological polar surface area (TPSA) is 66.8 Å². The Morgan fingerprint density at radius 2 is 1.95 bits per heavy atom. The van der Waals surface area contributed by atoms with Crippen molar-refractivity contribution in [1.82, 2.24) is 4.90 Å². The van der Waals surface area contributed by atoms with Crippen LogP contribution in [-0.4, -0.2) is 47.2 Å². The SMILES string of the molecule is O=C(O)CCC1CCCCN1C(=O)CCC1CCCO1. The lowest BCUT2D eigenvalue weighted by atomic mass is 9.97. The first-order valence-corrected chi connectivity index (χ1v) is 7.79. The summed E-state index contributed by atoms with van der Waals surface area (Å²) in [7, 11) is 0. The Balaban J connectivity index is 1.79. The molecule has 0 spiro atoms. The lowest BCUT2D eigenvalue weighted by Crippen LogP contribution is -2.44. The van der Waals surface area contributed by atoms with Gasteiger partial charge in [-0.2, -0.15) is 0 Å². The van der Waals surface area contributed by atoms with E-state index in [0.29, 0.717) is 12.8 Å². The van der Waals surface area contributed by atoms with Gasteiger partial charge in [0.2, 0.25) is 5.91 Å². The molecule has 0 bridgehead atoms. The minimum atomic E-state index is -0.776. The Morgan fingerprint density at radius 3 is 2.65 bits per heavy atom. The van der Waals surface area contributed by atoms with Gasteiger partial charge in [0.05, 0.1) is 6.10 Å². The third-order valence-electron chi connectivity index (χ3n) is 4.34. The maximum atomic E-state index is 12.3. The molecule has 2 aliphatic rings. The molecular weight excluding hydrogens is 258 g/mol. The fraction of sp³-hybridized carbons (Fsp3) is 0.867. The predicted octanol–water partition coefficient (Wildman–Crippen LogP) is 2.19. The maximum Gasteiger partial charge on any atom is 0.303 e. The number of carbonyl (C=O) groups excluding carboxylic acids is 1. The minimum absolute atomic E-state index is 0.122. The number of carbonyl (C=O) groups is 2. The molecule has 2 atom stereocenters. The number of rotatable bonds is 6. The van der Waals surface area contributed by atoms with Crippen LogP contribution in [-0.2, 0) is 14.3 Å². The van der Waals surface area contributed by atoms with E-state index in [0.717, 1.165) is 51.7 Å². The lowest BCUT2D eigenvalue weighted by Gasteiger charge is -2.36. The Labute approximate surface area is 120 Å². The number of hydrogen-bond acceptors (Lipinski definition) is 3. The van der Waals surface area contributed by atoms with Gasteiger partial charge in [-0.05, 0) is 44.9 Å². The molecule has 2 aliphatic heterocycles. The van der Waals surface area contributed by atoms with Gasteiger partial charge in [-0.15, -0.1) is 0 Å². The van der Waals surface area contributed by atoms with Gasteiger partial charge in [0, 0.05) is 32.0 Å². The van der Waals surface area contributed by atoms with E-state index < -0.39 is 5.97 Å². The van der Waals surface area contributed by atoms with Crippen LogP contribution in [0.3, 0.4) is 0 Å². The van der Waals surface area contributed by atoms with Crippen LogP contribution in [0.2, 0.25) is 0 Å². The van der Waals surface area contributed by atoms with Gasteiger partial charge in [0.15, 0.2) is 0 Å². The standard InChI is InChI=1S/C15H25NO4/c17-14(8-7-13-5-3-11-20-13)16-10-2-1-4-12(16)6-9-15(18)19/h12-13H,1-11H2,(H,18,19). The van der Waals surface area contributed by atoms with E-state index in [9.17, 15) is 9.59 Å². The van der Waals surface area contributed by atoms with Gasteiger partial charge >= 0.3 is 5.97 Å². The van der Waals surface area contributed by atoms with E-state index in [1.165, 1.54) is 0 Å². The van der Waals surface area contributed by atoms with Crippen molar-refractivity contribution in [2.24, 2.45) is 0 Å². The highest BCUT2D eigenvalue weighted by Gasteiger charge is 2.27. The molecule has 1 amide bonds. The summed E-state index contributed by atoms with van der Waals surface area (Å²) in [6.07, 6.45) is 7.57. The molecule has 1 N–H and O–H groups in total. The third kappa shape index (κ3) is 4.47. The summed E-state index contributed by atoms with van der Waals surface area (Å²) in [6.45, 7) is 1.61. The molecule has 0 saturated carbocycles. The second-order valence-electron chi connectivity index (χ2n) is 5.84. The third-order valence-corrected chi connectivity index (χ3v) is 4.34. The summed E-state index contributed by atoms with van der Waals surface area (Å²) in [5, 5.41) is 8.80. The average Bonchev–Trinajstić information content (AvgIpc) is 2.96. The first-order valence-electron chi connectivity index (χ1n) is 7.79. The first-order chi connectivity index (χ1) is 9.66. The van der Waals surface area contributed by atoms with Crippen LogP contribution in [0.4, 0.5) is 0 Å². The summed E-state index contributed by atoms with van der Waals surface area (Å²) in [5.74, 6) is -0.599. The summed E-state index contributed by atoms with van der Waals surface area (Å²) < 4.78 is 5.55. The number of ether oxygens (including phenoxy) is 1. The van der Waals surface area contributed by atoms with E-state index in [1.807, 2.05) is 4.90 Å². The Bertz CT molecular complexity index is 339. The molecule has 2 saturated heterocycles.